The van der Waals surface area contributed by atoms with Gasteiger partial charge < -0.3 is 10.6 Å². The van der Waals surface area contributed by atoms with Crippen LogP contribution in [0.15, 0.2) is 60.8 Å². The van der Waals surface area contributed by atoms with Gasteiger partial charge in [-0.1, -0.05) is 12.1 Å². The number of aromatic nitrogens is 3. The molecule has 4 aromatic rings. The van der Waals surface area contributed by atoms with E-state index in [2.05, 4.69) is 4.98 Å². The van der Waals surface area contributed by atoms with Gasteiger partial charge in [0.2, 0.25) is 0 Å². The standard InChI is InChI=1S/C22H19F2N5/c23-15-5-8-18(24)17(12-15)19-2-1-11-28(19)22-10-9-21-26-13-20(29(21)27-22)14-3-6-16(25)7-4-14/h3-10,12-13,19H,1-2,11,25H2/t19-/m0/s1. The molecule has 0 saturated carbocycles. The van der Waals surface area contributed by atoms with Crippen LogP contribution in [-0.2, 0) is 0 Å². The van der Waals surface area contributed by atoms with Crippen LogP contribution in [0.3, 0.4) is 0 Å². The predicted octanol–water partition coefficient (Wildman–Crippen LogP) is 4.60. The van der Waals surface area contributed by atoms with Gasteiger partial charge in [-0.25, -0.2) is 18.3 Å². The first-order chi connectivity index (χ1) is 14.1. The lowest BCUT2D eigenvalue weighted by Gasteiger charge is -2.26. The van der Waals surface area contributed by atoms with E-state index in [0.717, 1.165) is 36.7 Å². The van der Waals surface area contributed by atoms with Crippen LogP contribution in [0.4, 0.5) is 20.3 Å². The minimum Gasteiger partial charge on any atom is -0.399 e. The highest BCUT2D eigenvalue weighted by atomic mass is 19.1. The Bertz CT molecular complexity index is 1190. The second kappa shape index (κ2) is 6.84. The van der Waals surface area contributed by atoms with Gasteiger partial charge in [-0.2, -0.15) is 0 Å². The fraction of sp³-hybridized carbons (Fsp3) is 0.182. The van der Waals surface area contributed by atoms with E-state index < -0.39 is 11.6 Å². The second-order valence-corrected chi connectivity index (χ2v) is 7.24. The van der Waals surface area contributed by atoms with Crippen molar-refractivity contribution in [3.05, 3.63) is 78.0 Å². The van der Waals surface area contributed by atoms with E-state index in [-0.39, 0.29) is 6.04 Å². The van der Waals surface area contributed by atoms with Gasteiger partial charge in [-0.3, -0.25) is 0 Å². The predicted molar refractivity (Wildman–Crippen MR) is 109 cm³/mol. The van der Waals surface area contributed by atoms with E-state index in [9.17, 15) is 8.78 Å². The third-order valence-electron chi connectivity index (χ3n) is 5.42. The summed E-state index contributed by atoms with van der Waals surface area (Å²) in [6.45, 7) is 0.727. The Balaban J connectivity index is 1.57. The molecule has 29 heavy (non-hydrogen) atoms. The Kier molecular flexibility index (Phi) is 4.16. The normalized spacial score (nSPS) is 16.6. The number of nitrogen functional groups attached to an aromatic ring is 1. The summed E-state index contributed by atoms with van der Waals surface area (Å²) in [4.78, 5) is 6.46. The molecule has 1 aliphatic rings. The fourth-order valence-corrected chi connectivity index (χ4v) is 4.00. The van der Waals surface area contributed by atoms with Crippen molar-refractivity contribution in [2.75, 3.05) is 17.2 Å². The van der Waals surface area contributed by atoms with Crippen molar-refractivity contribution in [1.29, 1.82) is 0 Å². The highest BCUT2D eigenvalue weighted by molar-refractivity contribution is 5.65. The van der Waals surface area contributed by atoms with Crippen molar-refractivity contribution in [2.45, 2.75) is 18.9 Å². The maximum absolute atomic E-state index is 14.4. The van der Waals surface area contributed by atoms with Gasteiger partial charge in [0.15, 0.2) is 5.65 Å². The number of fused-ring (bicyclic) bond motifs is 1. The Morgan fingerprint density at radius 2 is 1.83 bits per heavy atom. The second-order valence-electron chi connectivity index (χ2n) is 7.24. The topological polar surface area (TPSA) is 59.5 Å². The summed E-state index contributed by atoms with van der Waals surface area (Å²) in [6, 6.07) is 14.7. The highest BCUT2D eigenvalue weighted by Crippen LogP contribution is 2.37. The zero-order valence-corrected chi connectivity index (χ0v) is 15.6. The van der Waals surface area contributed by atoms with E-state index >= 15 is 0 Å². The minimum absolute atomic E-state index is 0.251. The van der Waals surface area contributed by atoms with Gasteiger partial charge in [-0.05, 0) is 55.3 Å². The largest absolute Gasteiger partial charge is 0.399 e. The molecule has 2 aromatic carbocycles. The molecule has 7 heteroatoms. The maximum atomic E-state index is 14.4. The number of hydrogen-bond donors (Lipinski definition) is 1. The summed E-state index contributed by atoms with van der Waals surface area (Å²) >= 11 is 0. The number of nitrogens with zero attached hydrogens (tertiary/aromatic N) is 4. The summed E-state index contributed by atoms with van der Waals surface area (Å²) in [5.41, 5.74) is 9.36. The molecule has 146 valence electrons. The van der Waals surface area contributed by atoms with E-state index in [1.807, 2.05) is 41.3 Å². The van der Waals surface area contributed by atoms with Crippen LogP contribution in [0.2, 0.25) is 0 Å². The molecule has 3 heterocycles. The number of halogens is 2. The van der Waals surface area contributed by atoms with Crippen LogP contribution in [-0.4, -0.2) is 21.1 Å². The molecule has 5 nitrogen and oxygen atoms in total. The van der Waals surface area contributed by atoms with E-state index in [4.69, 9.17) is 10.8 Å². The summed E-state index contributed by atoms with van der Waals surface area (Å²) < 4.78 is 29.9. The maximum Gasteiger partial charge on any atom is 0.154 e. The molecular formula is C22H19F2N5. The van der Waals surface area contributed by atoms with Crippen LogP contribution in [0.25, 0.3) is 16.9 Å². The summed E-state index contributed by atoms with van der Waals surface area (Å²) in [5.74, 6) is -0.121. The van der Waals surface area contributed by atoms with Crippen LogP contribution < -0.4 is 10.6 Å². The van der Waals surface area contributed by atoms with Crippen LogP contribution in [0.1, 0.15) is 24.4 Å². The van der Waals surface area contributed by atoms with Gasteiger partial charge in [0, 0.05) is 23.4 Å². The third-order valence-corrected chi connectivity index (χ3v) is 5.42. The van der Waals surface area contributed by atoms with Crippen molar-refractivity contribution in [2.24, 2.45) is 0 Å². The van der Waals surface area contributed by atoms with Gasteiger partial charge in [-0.15, -0.1) is 5.10 Å². The molecule has 1 atom stereocenters. The molecule has 2 aromatic heterocycles. The van der Waals surface area contributed by atoms with Gasteiger partial charge in [0.05, 0.1) is 17.9 Å². The lowest BCUT2D eigenvalue weighted by molar-refractivity contribution is 0.559. The summed E-state index contributed by atoms with van der Waals surface area (Å²) in [6.07, 6.45) is 3.40. The first kappa shape index (κ1) is 17.6. The number of anilines is 2. The molecule has 1 saturated heterocycles. The first-order valence-electron chi connectivity index (χ1n) is 9.52. The van der Waals surface area contributed by atoms with Crippen molar-refractivity contribution in [3.8, 4) is 11.3 Å². The fourth-order valence-electron chi connectivity index (χ4n) is 4.00. The molecule has 0 unspecified atom stereocenters. The first-order valence-corrected chi connectivity index (χ1v) is 9.52. The van der Waals surface area contributed by atoms with E-state index in [0.29, 0.717) is 22.7 Å². The van der Waals surface area contributed by atoms with Gasteiger partial charge in [0.25, 0.3) is 0 Å². The molecule has 1 fully saturated rings. The van der Waals surface area contributed by atoms with Gasteiger partial charge >= 0.3 is 0 Å². The number of imidazole rings is 1. The Hall–Kier alpha value is -3.48. The SMILES string of the molecule is Nc1ccc(-c2cnc3ccc(N4CCC[C@H]4c4cc(F)ccc4F)nn23)cc1. The zero-order chi connectivity index (χ0) is 20.0. The quantitative estimate of drug-likeness (QED) is 0.519. The Labute approximate surface area is 166 Å². The summed E-state index contributed by atoms with van der Waals surface area (Å²) in [5, 5.41) is 4.78. The monoisotopic (exact) mass is 391 g/mol. The molecule has 0 aliphatic carbocycles. The molecular weight excluding hydrogens is 372 g/mol. The summed E-state index contributed by atoms with van der Waals surface area (Å²) in [7, 11) is 0. The van der Waals surface area contributed by atoms with Crippen molar-refractivity contribution in [1.82, 2.24) is 14.6 Å². The van der Waals surface area contributed by atoms with Crippen LogP contribution in [0, 0.1) is 11.6 Å². The highest BCUT2D eigenvalue weighted by Gasteiger charge is 2.30. The Morgan fingerprint density at radius 3 is 2.66 bits per heavy atom. The molecule has 0 bridgehead atoms. The molecule has 2 N–H and O–H groups in total. The molecule has 5 rings (SSSR count). The van der Waals surface area contributed by atoms with Crippen molar-refractivity contribution >= 4 is 17.2 Å². The molecule has 0 radical (unpaired) electrons. The van der Waals surface area contributed by atoms with E-state index in [1.165, 1.54) is 12.1 Å². The minimum atomic E-state index is -0.433. The van der Waals surface area contributed by atoms with Crippen molar-refractivity contribution in [3.63, 3.8) is 0 Å². The van der Waals surface area contributed by atoms with Crippen LogP contribution >= 0.6 is 0 Å². The smallest absolute Gasteiger partial charge is 0.154 e. The number of benzene rings is 2. The van der Waals surface area contributed by atoms with Crippen molar-refractivity contribution < 1.29 is 8.78 Å². The molecule has 1 aliphatic heterocycles. The Morgan fingerprint density at radius 1 is 1.00 bits per heavy atom. The average molecular weight is 391 g/mol. The van der Waals surface area contributed by atoms with Gasteiger partial charge in [0.1, 0.15) is 17.5 Å². The molecule has 0 amide bonds. The van der Waals surface area contributed by atoms with Crippen LogP contribution in [0.5, 0.6) is 0 Å². The number of hydrogen-bond acceptors (Lipinski definition) is 4. The number of rotatable bonds is 3. The lowest BCUT2D eigenvalue weighted by atomic mass is 10.0. The third kappa shape index (κ3) is 3.08. The zero-order valence-electron chi connectivity index (χ0n) is 15.6. The average Bonchev–Trinajstić information content (AvgIpc) is 3.37. The lowest BCUT2D eigenvalue weighted by Crippen LogP contribution is -2.25. The number of nitrogens with two attached hydrogens (primary N) is 1. The molecule has 0 spiro atoms. The van der Waals surface area contributed by atoms with E-state index in [1.54, 1.807) is 10.7 Å².